The van der Waals surface area contributed by atoms with Crippen LogP contribution in [0.3, 0.4) is 0 Å². The normalized spacial score (nSPS) is 11.0. The van der Waals surface area contributed by atoms with Crippen molar-refractivity contribution in [2.75, 3.05) is 0 Å². The Hall–Kier alpha value is -2.66. The molecule has 108 valence electrons. The zero-order valence-electron chi connectivity index (χ0n) is 11.9. The van der Waals surface area contributed by atoms with Crippen molar-refractivity contribution in [2.45, 2.75) is 26.2 Å². The van der Waals surface area contributed by atoms with Gasteiger partial charge in [-0.15, -0.1) is 0 Å². The second-order valence-electron chi connectivity index (χ2n) is 5.54. The molecule has 0 aliphatic carbocycles. The maximum atomic E-state index is 13.0. The minimum absolute atomic E-state index is 0.240. The van der Waals surface area contributed by atoms with Gasteiger partial charge in [0, 0.05) is 10.3 Å². The number of azide groups is 1. The molecule has 0 atom stereocenters. The number of amides is 1. The van der Waals surface area contributed by atoms with E-state index in [0.717, 1.165) is 0 Å². The van der Waals surface area contributed by atoms with Crippen LogP contribution in [0.4, 0.5) is 4.39 Å². The molecule has 0 bridgehead atoms. The summed E-state index contributed by atoms with van der Waals surface area (Å²) in [5.74, 6) is -1.04. The second-order valence-corrected chi connectivity index (χ2v) is 5.54. The van der Waals surface area contributed by atoms with E-state index in [4.69, 9.17) is 5.53 Å². The van der Waals surface area contributed by atoms with Gasteiger partial charge in [-0.25, -0.2) is 9.07 Å². The highest BCUT2D eigenvalue weighted by Crippen LogP contribution is 2.28. The highest BCUT2D eigenvalue weighted by Gasteiger charge is 2.27. The van der Waals surface area contributed by atoms with E-state index in [1.165, 1.54) is 18.3 Å². The van der Waals surface area contributed by atoms with Gasteiger partial charge in [-0.3, -0.25) is 4.79 Å². The molecule has 1 aromatic carbocycles. The van der Waals surface area contributed by atoms with E-state index in [1.807, 2.05) is 20.8 Å². The number of aromatic nitrogens is 2. The van der Waals surface area contributed by atoms with Crippen molar-refractivity contribution in [1.29, 1.82) is 0 Å². The summed E-state index contributed by atoms with van der Waals surface area (Å²) in [6, 6.07) is 5.77. The molecule has 1 aromatic heterocycles. The molecule has 0 radical (unpaired) electrons. The van der Waals surface area contributed by atoms with Gasteiger partial charge in [-0.05, 0) is 34.9 Å². The van der Waals surface area contributed by atoms with Gasteiger partial charge in [0.1, 0.15) is 5.82 Å². The molecule has 7 heteroatoms. The van der Waals surface area contributed by atoms with Crippen LogP contribution in [0.15, 0.2) is 35.6 Å². The molecule has 0 unspecified atom stereocenters. The standard InChI is InChI=1S/C14H14FN5O/c1-14(2,3)12-11(13(21)18-19-16)8-17-20(12)10-6-4-9(15)5-7-10/h4-8H,1-3H3. The molecule has 2 rings (SSSR count). The molecule has 0 saturated heterocycles. The average molecular weight is 287 g/mol. The first-order valence-electron chi connectivity index (χ1n) is 6.28. The number of carbonyl (C=O) groups excluding carboxylic acids is 1. The van der Waals surface area contributed by atoms with E-state index in [1.54, 1.807) is 16.8 Å². The SMILES string of the molecule is CC(C)(C)c1c(C(=O)N=[N+]=[N-])cnn1-c1ccc(F)cc1. The molecule has 0 aliphatic rings. The lowest BCUT2D eigenvalue weighted by molar-refractivity contribution is 0.0998. The minimum Gasteiger partial charge on any atom is -0.287 e. The van der Waals surface area contributed by atoms with Crippen LogP contribution in [0.5, 0.6) is 0 Å². The lowest BCUT2D eigenvalue weighted by Gasteiger charge is -2.21. The van der Waals surface area contributed by atoms with E-state index < -0.39 is 11.3 Å². The number of nitrogens with zero attached hydrogens (tertiary/aromatic N) is 5. The van der Waals surface area contributed by atoms with Crippen LogP contribution in [-0.4, -0.2) is 15.7 Å². The average Bonchev–Trinajstić information content (AvgIpc) is 2.84. The molecule has 1 amide bonds. The summed E-state index contributed by atoms with van der Waals surface area (Å²) in [6.45, 7) is 5.74. The second kappa shape index (κ2) is 5.38. The van der Waals surface area contributed by atoms with Gasteiger partial charge in [0.2, 0.25) is 0 Å². The summed E-state index contributed by atoms with van der Waals surface area (Å²) in [5, 5.41) is 7.29. The first-order chi connectivity index (χ1) is 9.84. The maximum Gasteiger partial charge on any atom is 0.252 e. The van der Waals surface area contributed by atoms with Gasteiger partial charge >= 0.3 is 0 Å². The Morgan fingerprint density at radius 2 is 1.95 bits per heavy atom. The molecule has 0 N–H and O–H groups in total. The van der Waals surface area contributed by atoms with Gasteiger partial charge in [0.25, 0.3) is 5.91 Å². The van der Waals surface area contributed by atoms with Gasteiger partial charge in [-0.1, -0.05) is 20.8 Å². The van der Waals surface area contributed by atoms with E-state index >= 15 is 0 Å². The predicted molar refractivity (Wildman–Crippen MR) is 75.7 cm³/mol. The number of benzene rings is 1. The van der Waals surface area contributed by atoms with Crippen molar-refractivity contribution in [1.82, 2.24) is 9.78 Å². The Labute approximate surface area is 120 Å². The van der Waals surface area contributed by atoms with Crippen molar-refractivity contribution >= 4 is 5.91 Å². The van der Waals surface area contributed by atoms with Gasteiger partial charge in [0.15, 0.2) is 0 Å². The zero-order valence-corrected chi connectivity index (χ0v) is 11.9. The van der Waals surface area contributed by atoms with Crippen LogP contribution >= 0.6 is 0 Å². The Balaban J connectivity index is 2.65. The monoisotopic (exact) mass is 287 g/mol. The Morgan fingerprint density at radius 1 is 1.33 bits per heavy atom. The molecule has 6 nitrogen and oxygen atoms in total. The molecule has 2 aromatic rings. The topological polar surface area (TPSA) is 83.7 Å². The number of rotatable bonds is 2. The van der Waals surface area contributed by atoms with Gasteiger partial charge < -0.3 is 0 Å². The Morgan fingerprint density at radius 3 is 2.48 bits per heavy atom. The molecule has 21 heavy (non-hydrogen) atoms. The number of carbonyl (C=O) groups is 1. The van der Waals surface area contributed by atoms with E-state index in [0.29, 0.717) is 11.4 Å². The van der Waals surface area contributed by atoms with Crippen LogP contribution in [0.25, 0.3) is 16.1 Å². The third-order valence-corrected chi connectivity index (χ3v) is 2.92. The summed E-state index contributed by atoms with van der Waals surface area (Å²) in [6.07, 6.45) is 1.36. The minimum atomic E-state index is -0.684. The summed E-state index contributed by atoms with van der Waals surface area (Å²) in [5.41, 5.74) is 9.47. The van der Waals surface area contributed by atoms with Crippen LogP contribution in [0, 0.1) is 5.82 Å². The summed E-state index contributed by atoms with van der Waals surface area (Å²) >= 11 is 0. The van der Waals surface area contributed by atoms with Gasteiger partial charge in [0.05, 0.1) is 23.1 Å². The molecular formula is C14H14FN5O. The largest absolute Gasteiger partial charge is 0.287 e. The van der Waals surface area contributed by atoms with Crippen molar-refractivity contribution in [3.8, 4) is 5.69 Å². The molecular weight excluding hydrogens is 273 g/mol. The fraction of sp³-hybridized carbons (Fsp3) is 0.286. The molecule has 0 spiro atoms. The van der Waals surface area contributed by atoms with Crippen LogP contribution < -0.4 is 0 Å². The van der Waals surface area contributed by atoms with E-state index in [-0.39, 0.29) is 11.4 Å². The van der Waals surface area contributed by atoms with Crippen LogP contribution in [0.2, 0.25) is 0 Å². The highest BCUT2D eigenvalue weighted by molar-refractivity contribution is 5.96. The van der Waals surface area contributed by atoms with Crippen molar-refractivity contribution in [2.24, 2.45) is 5.11 Å². The summed E-state index contributed by atoms with van der Waals surface area (Å²) in [7, 11) is 0. The summed E-state index contributed by atoms with van der Waals surface area (Å²) < 4.78 is 14.6. The third-order valence-electron chi connectivity index (χ3n) is 2.92. The van der Waals surface area contributed by atoms with Crippen molar-refractivity contribution < 1.29 is 9.18 Å². The fourth-order valence-corrected chi connectivity index (χ4v) is 2.10. The number of hydrogen-bond acceptors (Lipinski definition) is 2. The van der Waals surface area contributed by atoms with Crippen molar-refractivity contribution in [3.63, 3.8) is 0 Å². The molecule has 0 aliphatic heterocycles. The fourth-order valence-electron chi connectivity index (χ4n) is 2.10. The quantitative estimate of drug-likeness (QED) is 0.478. The Bertz CT molecular complexity index is 721. The predicted octanol–water partition coefficient (Wildman–Crippen LogP) is 3.76. The Kier molecular flexibility index (Phi) is 3.78. The number of hydrogen-bond donors (Lipinski definition) is 0. The number of halogens is 1. The van der Waals surface area contributed by atoms with E-state index in [9.17, 15) is 9.18 Å². The van der Waals surface area contributed by atoms with E-state index in [2.05, 4.69) is 15.1 Å². The first kappa shape index (κ1) is 14.7. The lowest BCUT2D eigenvalue weighted by Crippen LogP contribution is -2.20. The molecule has 0 fully saturated rings. The van der Waals surface area contributed by atoms with Crippen molar-refractivity contribution in [3.05, 3.63) is 58.0 Å². The third kappa shape index (κ3) is 2.93. The van der Waals surface area contributed by atoms with Crippen LogP contribution in [-0.2, 0) is 5.41 Å². The maximum absolute atomic E-state index is 13.0. The van der Waals surface area contributed by atoms with Gasteiger partial charge in [-0.2, -0.15) is 5.10 Å². The highest BCUT2D eigenvalue weighted by atomic mass is 19.1. The zero-order chi connectivity index (χ0) is 15.6. The lowest BCUT2D eigenvalue weighted by atomic mass is 9.89. The first-order valence-corrected chi connectivity index (χ1v) is 6.28. The summed E-state index contributed by atoms with van der Waals surface area (Å²) in [4.78, 5) is 14.4. The molecule has 0 saturated carbocycles. The van der Waals surface area contributed by atoms with Crippen LogP contribution in [0.1, 0.15) is 36.8 Å². The smallest absolute Gasteiger partial charge is 0.252 e. The molecule has 1 heterocycles.